The molecule has 1 heterocycles. The third-order valence-corrected chi connectivity index (χ3v) is 3.19. The van der Waals surface area contributed by atoms with E-state index in [0.29, 0.717) is 6.61 Å². The fourth-order valence-electron chi connectivity index (χ4n) is 1.77. The number of nitrogens with two attached hydrogens (primary N) is 1. The summed E-state index contributed by atoms with van der Waals surface area (Å²) >= 11 is 3.42. The lowest BCUT2D eigenvalue weighted by Crippen LogP contribution is -2.26. The molecule has 2 N–H and O–H groups in total. The molecule has 2 rings (SSSR count). The van der Waals surface area contributed by atoms with Crippen molar-refractivity contribution in [3.05, 3.63) is 58.5 Å². The average molecular weight is 310 g/mol. The Kier molecular flexibility index (Phi) is 4.58. The van der Waals surface area contributed by atoms with Crippen LogP contribution < -0.4 is 5.73 Å². The highest BCUT2D eigenvalue weighted by molar-refractivity contribution is 9.10. The molecule has 4 heteroatoms. The molecule has 0 saturated carbocycles. The number of furan rings is 1. The van der Waals surface area contributed by atoms with E-state index in [4.69, 9.17) is 14.9 Å². The van der Waals surface area contributed by atoms with Crippen molar-refractivity contribution in [1.82, 2.24) is 0 Å². The van der Waals surface area contributed by atoms with Crippen LogP contribution in [0.15, 0.2) is 51.6 Å². The second kappa shape index (κ2) is 6.18. The number of rotatable bonds is 5. The molecule has 2 unspecified atom stereocenters. The van der Waals surface area contributed by atoms with Crippen LogP contribution in [-0.2, 0) is 11.3 Å². The second-order valence-corrected chi connectivity index (χ2v) is 5.14. The fourth-order valence-corrected chi connectivity index (χ4v) is 2.03. The molecular weight excluding hydrogens is 294 g/mol. The molecule has 3 nitrogen and oxygen atoms in total. The molecule has 0 saturated heterocycles. The van der Waals surface area contributed by atoms with Gasteiger partial charge in [-0.3, -0.25) is 0 Å². The molecule has 96 valence electrons. The maximum atomic E-state index is 5.98. The second-order valence-electron chi connectivity index (χ2n) is 4.22. The van der Waals surface area contributed by atoms with Crippen LogP contribution in [-0.4, -0.2) is 6.04 Å². The van der Waals surface area contributed by atoms with Gasteiger partial charge >= 0.3 is 0 Å². The van der Waals surface area contributed by atoms with E-state index in [1.807, 2.05) is 43.3 Å². The Hall–Kier alpha value is -1.10. The highest BCUT2D eigenvalue weighted by Gasteiger charge is 2.17. The van der Waals surface area contributed by atoms with Crippen molar-refractivity contribution in [2.45, 2.75) is 25.7 Å². The van der Waals surface area contributed by atoms with Gasteiger partial charge < -0.3 is 14.9 Å². The van der Waals surface area contributed by atoms with Crippen molar-refractivity contribution < 1.29 is 9.15 Å². The topological polar surface area (TPSA) is 48.4 Å². The Balaban J connectivity index is 2.06. The van der Waals surface area contributed by atoms with Crippen molar-refractivity contribution >= 4 is 15.9 Å². The summed E-state index contributed by atoms with van der Waals surface area (Å²) in [5, 5.41) is 0. The molecule has 0 aliphatic carbocycles. The molecule has 2 aromatic rings. The normalized spacial score (nSPS) is 14.4. The fraction of sp³-hybridized carbons (Fsp3) is 0.286. The molecule has 0 bridgehead atoms. The van der Waals surface area contributed by atoms with E-state index in [-0.39, 0.29) is 12.1 Å². The number of halogens is 1. The molecule has 1 aromatic heterocycles. The first-order chi connectivity index (χ1) is 8.66. The van der Waals surface area contributed by atoms with Gasteiger partial charge in [-0.2, -0.15) is 0 Å². The summed E-state index contributed by atoms with van der Waals surface area (Å²) in [4.78, 5) is 0. The van der Waals surface area contributed by atoms with Crippen LogP contribution in [0.1, 0.15) is 24.4 Å². The Bertz CT molecular complexity index is 465. The average Bonchev–Trinajstić information content (AvgIpc) is 2.84. The van der Waals surface area contributed by atoms with Crippen LogP contribution in [0.2, 0.25) is 0 Å². The third-order valence-electron chi connectivity index (χ3n) is 2.66. The third kappa shape index (κ3) is 3.45. The van der Waals surface area contributed by atoms with Crippen LogP contribution in [0.25, 0.3) is 0 Å². The van der Waals surface area contributed by atoms with E-state index in [9.17, 15) is 0 Å². The molecule has 0 aliphatic heterocycles. The van der Waals surface area contributed by atoms with Crippen LogP contribution >= 0.6 is 15.9 Å². The molecule has 0 aliphatic rings. The Labute approximate surface area is 115 Å². The predicted molar refractivity (Wildman–Crippen MR) is 74.0 cm³/mol. The van der Waals surface area contributed by atoms with E-state index in [1.54, 1.807) is 6.26 Å². The summed E-state index contributed by atoms with van der Waals surface area (Å²) in [6.07, 6.45) is 1.50. The predicted octanol–water partition coefficient (Wildman–Crippen LogP) is 3.65. The lowest BCUT2D eigenvalue weighted by atomic mass is 10.0. The lowest BCUT2D eigenvalue weighted by molar-refractivity contribution is 0.0170. The molecule has 0 amide bonds. The van der Waals surface area contributed by atoms with Gasteiger partial charge in [0, 0.05) is 10.5 Å². The van der Waals surface area contributed by atoms with Gasteiger partial charge in [-0.1, -0.05) is 28.1 Å². The van der Waals surface area contributed by atoms with Gasteiger partial charge in [0.25, 0.3) is 0 Å². The summed E-state index contributed by atoms with van der Waals surface area (Å²) in [5.74, 6) is 0.803. The van der Waals surface area contributed by atoms with Crippen LogP contribution in [0.4, 0.5) is 0 Å². The molecule has 0 spiro atoms. The number of hydrogen-bond donors (Lipinski definition) is 1. The molecule has 2 atom stereocenters. The van der Waals surface area contributed by atoms with Gasteiger partial charge in [0.05, 0.1) is 12.4 Å². The summed E-state index contributed by atoms with van der Waals surface area (Å²) in [6, 6.07) is 11.7. The molecule has 0 radical (unpaired) electrons. The smallest absolute Gasteiger partial charge is 0.129 e. The largest absolute Gasteiger partial charge is 0.467 e. The van der Waals surface area contributed by atoms with Gasteiger partial charge in [0.1, 0.15) is 12.4 Å². The SMILES string of the molecule is CC(N)C(OCc1ccco1)c1ccc(Br)cc1. The standard InChI is InChI=1S/C14H16BrNO2/c1-10(16)14(11-4-6-12(15)7-5-11)18-9-13-3-2-8-17-13/h2-8,10,14H,9,16H2,1H3. The summed E-state index contributed by atoms with van der Waals surface area (Å²) in [5.41, 5.74) is 7.05. The molecule has 0 fully saturated rings. The van der Waals surface area contributed by atoms with E-state index >= 15 is 0 Å². The number of benzene rings is 1. The Morgan fingerprint density at radius 3 is 2.56 bits per heavy atom. The summed E-state index contributed by atoms with van der Waals surface area (Å²) in [6.45, 7) is 2.37. The van der Waals surface area contributed by atoms with Crippen molar-refractivity contribution in [3.8, 4) is 0 Å². The minimum atomic E-state index is -0.136. The minimum Gasteiger partial charge on any atom is -0.467 e. The quantitative estimate of drug-likeness (QED) is 0.917. The first kappa shape index (κ1) is 13.3. The Morgan fingerprint density at radius 2 is 2.00 bits per heavy atom. The van der Waals surface area contributed by atoms with Gasteiger partial charge in [0.15, 0.2) is 0 Å². The zero-order chi connectivity index (χ0) is 13.0. The van der Waals surface area contributed by atoms with Crippen molar-refractivity contribution in [1.29, 1.82) is 0 Å². The molecule has 18 heavy (non-hydrogen) atoms. The van der Waals surface area contributed by atoms with Gasteiger partial charge in [-0.05, 0) is 36.8 Å². The monoisotopic (exact) mass is 309 g/mol. The van der Waals surface area contributed by atoms with Crippen molar-refractivity contribution in [3.63, 3.8) is 0 Å². The van der Waals surface area contributed by atoms with E-state index in [0.717, 1.165) is 15.8 Å². The van der Waals surface area contributed by atoms with Gasteiger partial charge in [-0.25, -0.2) is 0 Å². The van der Waals surface area contributed by atoms with Gasteiger partial charge in [0.2, 0.25) is 0 Å². The van der Waals surface area contributed by atoms with E-state index in [1.165, 1.54) is 0 Å². The minimum absolute atomic E-state index is 0.0823. The molecule has 1 aromatic carbocycles. The molecular formula is C14H16BrNO2. The number of ether oxygens (including phenoxy) is 1. The maximum absolute atomic E-state index is 5.98. The first-order valence-electron chi connectivity index (χ1n) is 5.82. The van der Waals surface area contributed by atoms with Crippen molar-refractivity contribution in [2.75, 3.05) is 0 Å². The Morgan fingerprint density at radius 1 is 1.28 bits per heavy atom. The zero-order valence-electron chi connectivity index (χ0n) is 10.2. The van der Waals surface area contributed by atoms with Crippen molar-refractivity contribution in [2.24, 2.45) is 5.73 Å². The number of hydrogen-bond acceptors (Lipinski definition) is 3. The lowest BCUT2D eigenvalue weighted by Gasteiger charge is -2.21. The van der Waals surface area contributed by atoms with E-state index < -0.39 is 0 Å². The highest BCUT2D eigenvalue weighted by atomic mass is 79.9. The first-order valence-corrected chi connectivity index (χ1v) is 6.61. The maximum Gasteiger partial charge on any atom is 0.129 e. The van der Waals surface area contributed by atoms with Crippen LogP contribution in [0, 0.1) is 0 Å². The van der Waals surface area contributed by atoms with Crippen LogP contribution in [0.5, 0.6) is 0 Å². The van der Waals surface area contributed by atoms with Gasteiger partial charge in [-0.15, -0.1) is 0 Å². The summed E-state index contributed by atoms with van der Waals surface area (Å²) < 4.78 is 12.1. The summed E-state index contributed by atoms with van der Waals surface area (Å²) in [7, 11) is 0. The zero-order valence-corrected chi connectivity index (χ0v) is 11.8. The van der Waals surface area contributed by atoms with Crippen LogP contribution in [0.3, 0.4) is 0 Å². The highest BCUT2D eigenvalue weighted by Crippen LogP contribution is 2.23. The van der Waals surface area contributed by atoms with E-state index in [2.05, 4.69) is 15.9 Å².